The summed E-state index contributed by atoms with van der Waals surface area (Å²) in [7, 11) is 3.37. The quantitative estimate of drug-likeness (QED) is 0.656. The van der Waals surface area contributed by atoms with Crippen molar-refractivity contribution in [3.63, 3.8) is 0 Å². The Kier molecular flexibility index (Phi) is 5.88. The molecule has 0 aliphatic rings. The molecule has 0 fully saturated rings. The molecule has 0 saturated carbocycles. The predicted molar refractivity (Wildman–Crippen MR) is 87.3 cm³/mol. The maximum absolute atomic E-state index is 12.9. The third-order valence-electron chi connectivity index (χ3n) is 3.10. The van der Waals surface area contributed by atoms with Crippen molar-refractivity contribution >= 4 is 12.0 Å². The van der Waals surface area contributed by atoms with Crippen molar-refractivity contribution in [2.75, 3.05) is 20.7 Å². The van der Waals surface area contributed by atoms with Gasteiger partial charge in [-0.1, -0.05) is 18.2 Å². The fourth-order valence-electron chi connectivity index (χ4n) is 1.93. The van der Waals surface area contributed by atoms with Crippen molar-refractivity contribution < 1.29 is 18.7 Å². The normalized spacial score (nSPS) is 10.7. The summed E-state index contributed by atoms with van der Waals surface area (Å²) in [5.74, 6) is -0.210. The van der Waals surface area contributed by atoms with Crippen LogP contribution in [0.25, 0.3) is 6.08 Å². The van der Waals surface area contributed by atoms with Gasteiger partial charge >= 0.3 is 5.97 Å². The molecule has 0 aromatic heterocycles. The number of carbonyl (C=O) groups is 1. The SMILES string of the molecule is CNCC=Cc1ccc(OC(=O)c2ccc(F)cc2)c(OC)c1. The molecule has 1 N–H and O–H groups in total. The van der Waals surface area contributed by atoms with E-state index in [4.69, 9.17) is 9.47 Å². The van der Waals surface area contributed by atoms with Crippen LogP contribution in [-0.2, 0) is 0 Å². The van der Waals surface area contributed by atoms with E-state index in [9.17, 15) is 9.18 Å². The molecule has 0 radical (unpaired) electrons. The van der Waals surface area contributed by atoms with E-state index in [-0.39, 0.29) is 5.56 Å². The van der Waals surface area contributed by atoms with Crippen LogP contribution in [0, 0.1) is 5.82 Å². The van der Waals surface area contributed by atoms with E-state index >= 15 is 0 Å². The Morgan fingerprint density at radius 1 is 1.17 bits per heavy atom. The Morgan fingerprint density at radius 3 is 2.57 bits per heavy atom. The van der Waals surface area contributed by atoms with E-state index in [1.165, 1.54) is 31.4 Å². The number of carbonyl (C=O) groups excluding carboxylic acids is 1. The van der Waals surface area contributed by atoms with Crippen LogP contribution in [0.1, 0.15) is 15.9 Å². The molecule has 0 bridgehead atoms. The highest BCUT2D eigenvalue weighted by Gasteiger charge is 2.12. The number of esters is 1. The van der Waals surface area contributed by atoms with E-state index in [0.29, 0.717) is 11.5 Å². The maximum atomic E-state index is 12.9. The van der Waals surface area contributed by atoms with Crippen LogP contribution in [-0.4, -0.2) is 26.7 Å². The molecule has 2 aromatic carbocycles. The van der Waals surface area contributed by atoms with E-state index in [1.807, 2.05) is 25.3 Å². The molecule has 0 aliphatic heterocycles. The number of likely N-dealkylation sites (N-methyl/N-ethyl adjacent to an activating group) is 1. The van der Waals surface area contributed by atoms with Crippen LogP contribution < -0.4 is 14.8 Å². The molecule has 2 rings (SSSR count). The summed E-state index contributed by atoms with van der Waals surface area (Å²) in [4.78, 5) is 12.1. The average Bonchev–Trinajstić information content (AvgIpc) is 2.56. The van der Waals surface area contributed by atoms with Crippen molar-refractivity contribution in [3.8, 4) is 11.5 Å². The number of methoxy groups -OCH3 is 1. The number of halogens is 1. The van der Waals surface area contributed by atoms with Gasteiger partial charge in [-0.25, -0.2) is 9.18 Å². The first kappa shape index (κ1) is 16.7. The van der Waals surface area contributed by atoms with E-state index in [2.05, 4.69) is 5.32 Å². The smallest absolute Gasteiger partial charge is 0.343 e. The number of nitrogens with one attached hydrogen (secondary N) is 1. The molecule has 4 nitrogen and oxygen atoms in total. The highest BCUT2D eigenvalue weighted by Crippen LogP contribution is 2.29. The van der Waals surface area contributed by atoms with Crippen molar-refractivity contribution in [1.29, 1.82) is 0 Å². The van der Waals surface area contributed by atoms with Crippen LogP contribution in [0.3, 0.4) is 0 Å². The Bertz CT molecular complexity index is 696. The van der Waals surface area contributed by atoms with Gasteiger partial charge in [0.15, 0.2) is 11.5 Å². The monoisotopic (exact) mass is 315 g/mol. The molecule has 0 saturated heterocycles. The zero-order valence-corrected chi connectivity index (χ0v) is 13.0. The molecule has 23 heavy (non-hydrogen) atoms. The van der Waals surface area contributed by atoms with Gasteiger partial charge in [0.2, 0.25) is 0 Å². The first-order valence-electron chi connectivity index (χ1n) is 7.11. The van der Waals surface area contributed by atoms with Gasteiger partial charge in [-0.05, 0) is 49.0 Å². The number of rotatable bonds is 6. The standard InChI is InChI=1S/C18H18FNO3/c1-20-11-3-4-13-5-10-16(17(12-13)22-2)23-18(21)14-6-8-15(19)9-7-14/h3-10,12,20H,11H2,1-2H3. The van der Waals surface area contributed by atoms with Crippen molar-refractivity contribution in [2.24, 2.45) is 0 Å². The Balaban J connectivity index is 2.15. The van der Waals surface area contributed by atoms with Crippen molar-refractivity contribution in [3.05, 3.63) is 65.5 Å². The summed E-state index contributed by atoms with van der Waals surface area (Å²) < 4.78 is 23.5. The molecule has 2 aromatic rings. The lowest BCUT2D eigenvalue weighted by Gasteiger charge is -2.10. The summed E-state index contributed by atoms with van der Waals surface area (Å²) in [6.07, 6.45) is 3.91. The van der Waals surface area contributed by atoms with Crippen LogP contribution >= 0.6 is 0 Å². The van der Waals surface area contributed by atoms with Crippen molar-refractivity contribution in [2.45, 2.75) is 0 Å². The topological polar surface area (TPSA) is 47.6 Å². The zero-order valence-electron chi connectivity index (χ0n) is 13.0. The fraction of sp³-hybridized carbons (Fsp3) is 0.167. The molecule has 0 heterocycles. The largest absolute Gasteiger partial charge is 0.493 e. The Morgan fingerprint density at radius 2 is 1.91 bits per heavy atom. The first-order chi connectivity index (χ1) is 11.1. The van der Waals surface area contributed by atoms with Gasteiger partial charge in [0.05, 0.1) is 12.7 Å². The highest BCUT2D eigenvalue weighted by molar-refractivity contribution is 5.91. The third-order valence-corrected chi connectivity index (χ3v) is 3.10. The second-order valence-corrected chi connectivity index (χ2v) is 4.77. The van der Waals surface area contributed by atoms with Gasteiger partial charge in [0, 0.05) is 6.54 Å². The Hall–Kier alpha value is -2.66. The number of ether oxygens (including phenoxy) is 2. The van der Waals surface area contributed by atoms with Gasteiger partial charge < -0.3 is 14.8 Å². The van der Waals surface area contributed by atoms with E-state index in [0.717, 1.165) is 12.1 Å². The second kappa shape index (κ2) is 8.10. The minimum atomic E-state index is -0.568. The lowest BCUT2D eigenvalue weighted by atomic mass is 10.2. The summed E-state index contributed by atoms with van der Waals surface area (Å²) >= 11 is 0. The predicted octanol–water partition coefficient (Wildman–Crippen LogP) is 3.29. The molecule has 0 unspecified atom stereocenters. The molecular formula is C18H18FNO3. The average molecular weight is 315 g/mol. The van der Waals surface area contributed by atoms with Gasteiger partial charge in [0.25, 0.3) is 0 Å². The lowest BCUT2D eigenvalue weighted by Crippen LogP contribution is -2.09. The molecule has 120 valence electrons. The third kappa shape index (κ3) is 4.66. The minimum Gasteiger partial charge on any atom is -0.493 e. The summed E-state index contributed by atoms with van der Waals surface area (Å²) in [6, 6.07) is 10.4. The van der Waals surface area contributed by atoms with E-state index in [1.54, 1.807) is 12.1 Å². The summed E-state index contributed by atoms with van der Waals surface area (Å²) in [6.45, 7) is 0.754. The molecule has 0 amide bonds. The summed E-state index contributed by atoms with van der Waals surface area (Å²) in [5, 5.41) is 3.01. The zero-order chi connectivity index (χ0) is 16.7. The second-order valence-electron chi connectivity index (χ2n) is 4.77. The number of hydrogen-bond acceptors (Lipinski definition) is 4. The van der Waals surface area contributed by atoms with Gasteiger partial charge in [-0.15, -0.1) is 0 Å². The number of benzene rings is 2. The van der Waals surface area contributed by atoms with Crippen LogP contribution in [0.15, 0.2) is 48.5 Å². The van der Waals surface area contributed by atoms with Crippen molar-refractivity contribution in [1.82, 2.24) is 5.32 Å². The molecule has 5 heteroatoms. The van der Waals surface area contributed by atoms with Gasteiger partial charge in [-0.3, -0.25) is 0 Å². The van der Waals surface area contributed by atoms with E-state index < -0.39 is 11.8 Å². The fourth-order valence-corrected chi connectivity index (χ4v) is 1.93. The molecule has 0 atom stereocenters. The minimum absolute atomic E-state index is 0.270. The first-order valence-corrected chi connectivity index (χ1v) is 7.11. The van der Waals surface area contributed by atoms with Crippen LogP contribution in [0.4, 0.5) is 4.39 Å². The Labute approximate surface area is 134 Å². The highest BCUT2D eigenvalue weighted by atomic mass is 19.1. The maximum Gasteiger partial charge on any atom is 0.343 e. The lowest BCUT2D eigenvalue weighted by molar-refractivity contribution is 0.0729. The van der Waals surface area contributed by atoms with Gasteiger partial charge in [-0.2, -0.15) is 0 Å². The molecule has 0 spiro atoms. The van der Waals surface area contributed by atoms with Crippen LogP contribution in [0.5, 0.6) is 11.5 Å². The molecule has 0 aliphatic carbocycles. The number of hydrogen-bond donors (Lipinski definition) is 1. The summed E-state index contributed by atoms with van der Waals surface area (Å²) in [5.41, 5.74) is 1.20. The van der Waals surface area contributed by atoms with Gasteiger partial charge in [0.1, 0.15) is 5.82 Å². The van der Waals surface area contributed by atoms with Crippen LogP contribution in [0.2, 0.25) is 0 Å². The molecular weight excluding hydrogens is 297 g/mol.